The van der Waals surface area contributed by atoms with Crippen LogP contribution in [0.4, 0.5) is 0 Å². The van der Waals surface area contributed by atoms with Gasteiger partial charge >= 0.3 is 0 Å². The van der Waals surface area contributed by atoms with Crippen LogP contribution in [0.2, 0.25) is 0 Å². The van der Waals surface area contributed by atoms with Gasteiger partial charge in [-0.1, -0.05) is 15.9 Å². The molecule has 2 aliphatic rings. The molecule has 2 atom stereocenters. The SMILES string of the molecule is O=S(=O)(CC1CCCO1)N1CCOCC1CBr. The number of hydrogen-bond acceptors (Lipinski definition) is 4. The predicted octanol–water partition coefficient (Wildman–Crippen LogP) is 0.591. The molecule has 0 saturated carbocycles. The Labute approximate surface area is 111 Å². The summed E-state index contributed by atoms with van der Waals surface area (Å²) in [6.45, 7) is 2.08. The smallest absolute Gasteiger partial charge is 0.217 e. The summed E-state index contributed by atoms with van der Waals surface area (Å²) in [4.78, 5) is 0. The third kappa shape index (κ3) is 3.41. The average Bonchev–Trinajstić information content (AvgIpc) is 2.81. The van der Waals surface area contributed by atoms with Crippen LogP contribution in [0, 0.1) is 0 Å². The Morgan fingerprint density at radius 3 is 2.82 bits per heavy atom. The van der Waals surface area contributed by atoms with Crippen LogP contribution >= 0.6 is 15.9 Å². The molecular formula is C10H18BrNO4S. The minimum atomic E-state index is -3.23. The Morgan fingerprint density at radius 1 is 1.35 bits per heavy atom. The summed E-state index contributed by atoms with van der Waals surface area (Å²) < 4.78 is 36.8. The Morgan fingerprint density at radius 2 is 2.18 bits per heavy atom. The number of nitrogens with zero attached hydrogens (tertiary/aromatic N) is 1. The topological polar surface area (TPSA) is 55.8 Å². The molecule has 0 amide bonds. The van der Waals surface area contributed by atoms with Crippen molar-refractivity contribution in [2.75, 3.05) is 37.4 Å². The van der Waals surface area contributed by atoms with Crippen molar-refractivity contribution in [2.45, 2.75) is 25.0 Å². The lowest BCUT2D eigenvalue weighted by molar-refractivity contribution is 0.0403. The summed E-state index contributed by atoms with van der Waals surface area (Å²) in [5.74, 6) is 0.108. The molecule has 0 bridgehead atoms. The van der Waals surface area contributed by atoms with E-state index in [9.17, 15) is 8.42 Å². The molecule has 0 aromatic carbocycles. The maximum Gasteiger partial charge on any atom is 0.217 e. The van der Waals surface area contributed by atoms with Gasteiger partial charge in [0.05, 0.1) is 31.1 Å². The minimum absolute atomic E-state index is 0.0878. The van der Waals surface area contributed by atoms with E-state index >= 15 is 0 Å². The summed E-state index contributed by atoms with van der Waals surface area (Å²) in [5.41, 5.74) is 0. The normalized spacial score (nSPS) is 31.8. The lowest BCUT2D eigenvalue weighted by Gasteiger charge is -2.34. The molecule has 2 rings (SSSR count). The van der Waals surface area contributed by atoms with Crippen molar-refractivity contribution in [1.29, 1.82) is 0 Å². The molecule has 2 saturated heterocycles. The van der Waals surface area contributed by atoms with Gasteiger partial charge in [0.2, 0.25) is 10.0 Å². The molecule has 17 heavy (non-hydrogen) atoms. The monoisotopic (exact) mass is 327 g/mol. The first-order valence-corrected chi connectivity index (χ1v) is 8.61. The molecule has 2 aliphatic heterocycles. The van der Waals surface area contributed by atoms with Gasteiger partial charge in [0.1, 0.15) is 0 Å². The Balaban J connectivity index is 2.01. The second kappa shape index (κ2) is 5.97. The molecule has 100 valence electrons. The largest absolute Gasteiger partial charge is 0.378 e. The van der Waals surface area contributed by atoms with Crippen LogP contribution in [0.15, 0.2) is 0 Å². The highest BCUT2D eigenvalue weighted by atomic mass is 79.9. The van der Waals surface area contributed by atoms with Gasteiger partial charge < -0.3 is 9.47 Å². The first-order valence-electron chi connectivity index (χ1n) is 5.88. The Bertz CT molecular complexity index is 342. The minimum Gasteiger partial charge on any atom is -0.378 e. The molecule has 0 aromatic rings. The number of morpholine rings is 1. The van der Waals surface area contributed by atoms with Gasteiger partial charge in [-0.2, -0.15) is 4.31 Å². The van der Waals surface area contributed by atoms with Gasteiger partial charge in [-0.25, -0.2) is 8.42 Å². The third-order valence-corrected chi connectivity index (χ3v) is 5.87. The highest BCUT2D eigenvalue weighted by molar-refractivity contribution is 9.09. The highest BCUT2D eigenvalue weighted by Crippen LogP contribution is 2.20. The van der Waals surface area contributed by atoms with E-state index in [2.05, 4.69) is 15.9 Å². The second-order valence-electron chi connectivity index (χ2n) is 4.41. The number of rotatable bonds is 4. The Hall–Kier alpha value is 0.310. The molecule has 0 aromatic heterocycles. The van der Waals surface area contributed by atoms with Crippen molar-refractivity contribution < 1.29 is 17.9 Å². The summed E-state index contributed by atoms with van der Waals surface area (Å²) in [6.07, 6.45) is 1.69. The average molecular weight is 328 g/mol. The second-order valence-corrected chi connectivity index (χ2v) is 7.02. The van der Waals surface area contributed by atoms with E-state index in [1.165, 1.54) is 0 Å². The Kier molecular flexibility index (Phi) is 4.82. The van der Waals surface area contributed by atoms with Crippen LogP contribution in [-0.2, 0) is 19.5 Å². The van der Waals surface area contributed by atoms with E-state index in [1.807, 2.05) is 0 Å². The third-order valence-electron chi connectivity index (χ3n) is 3.13. The van der Waals surface area contributed by atoms with Gasteiger partial charge in [-0.3, -0.25) is 0 Å². The van der Waals surface area contributed by atoms with Gasteiger partial charge in [-0.15, -0.1) is 0 Å². The number of halogens is 1. The van der Waals surface area contributed by atoms with E-state index in [1.54, 1.807) is 4.31 Å². The zero-order valence-corrected chi connectivity index (χ0v) is 12.1. The fourth-order valence-electron chi connectivity index (χ4n) is 2.23. The van der Waals surface area contributed by atoms with Gasteiger partial charge in [0.15, 0.2) is 0 Å². The molecule has 7 heteroatoms. The molecular weight excluding hydrogens is 310 g/mol. The van der Waals surface area contributed by atoms with Crippen LogP contribution in [0.3, 0.4) is 0 Å². The number of sulfonamides is 1. The molecule has 0 N–H and O–H groups in total. The zero-order valence-electron chi connectivity index (χ0n) is 9.68. The summed E-state index contributed by atoms with van der Waals surface area (Å²) >= 11 is 3.34. The first kappa shape index (κ1) is 13.7. The van der Waals surface area contributed by atoms with E-state index in [4.69, 9.17) is 9.47 Å². The fraction of sp³-hybridized carbons (Fsp3) is 1.00. The van der Waals surface area contributed by atoms with E-state index in [0.717, 1.165) is 12.8 Å². The molecule has 2 unspecified atom stereocenters. The number of hydrogen-bond donors (Lipinski definition) is 0. The molecule has 5 nitrogen and oxygen atoms in total. The van der Waals surface area contributed by atoms with Crippen molar-refractivity contribution >= 4 is 26.0 Å². The molecule has 0 spiro atoms. The van der Waals surface area contributed by atoms with Gasteiger partial charge in [-0.05, 0) is 12.8 Å². The van der Waals surface area contributed by atoms with Crippen LogP contribution in [-0.4, -0.2) is 62.3 Å². The van der Waals surface area contributed by atoms with Crippen LogP contribution in [0.25, 0.3) is 0 Å². The standard InChI is InChI=1S/C10H18BrNO4S/c11-6-9-7-15-5-3-12(9)17(13,14)8-10-2-1-4-16-10/h9-10H,1-8H2. The summed E-state index contributed by atoms with van der Waals surface area (Å²) in [7, 11) is -3.23. The van der Waals surface area contributed by atoms with E-state index < -0.39 is 10.0 Å². The van der Waals surface area contributed by atoms with Crippen LogP contribution < -0.4 is 0 Å². The van der Waals surface area contributed by atoms with Crippen molar-refractivity contribution in [2.24, 2.45) is 0 Å². The van der Waals surface area contributed by atoms with E-state index in [-0.39, 0.29) is 17.9 Å². The lowest BCUT2D eigenvalue weighted by Crippen LogP contribution is -2.51. The van der Waals surface area contributed by atoms with Gasteiger partial charge in [0.25, 0.3) is 0 Å². The maximum absolute atomic E-state index is 12.3. The zero-order chi connectivity index (χ0) is 12.3. The maximum atomic E-state index is 12.3. The van der Waals surface area contributed by atoms with Crippen LogP contribution in [0.1, 0.15) is 12.8 Å². The van der Waals surface area contributed by atoms with Crippen LogP contribution in [0.5, 0.6) is 0 Å². The highest BCUT2D eigenvalue weighted by Gasteiger charge is 2.34. The summed E-state index contributed by atoms with van der Waals surface area (Å²) in [5, 5.41) is 0.609. The molecule has 0 aliphatic carbocycles. The quantitative estimate of drug-likeness (QED) is 0.709. The fourth-order valence-corrected chi connectivity index (χ4v) is 4.83. The molecule has 0 radical (unpaired) electrons. The summed E-state index contributed by atoms with van der Waals surface area (Å²) in [6, 6.07) is -0.0878. The van der Waals surface area contributed by atoms with Crippen molar-refractivity contribution in [3.05, 3.63) is 0 Å². The molecule has 2 heterocycles. The number of alkyl halides is 1. The van der Waals surface area contributed by atoms with E-state index in [0.29, 0.717) is 31.7 Å². The lowest BCUT2D eigenvalue weighted by atomic mass is 10.3. The number of ether oxygens (including phenoxy) is 2. The van der Waals surface area contributed by atoms with Crippen molar-refractivity contribution in [3.8, 4) is 0 Å². The van der Waals surface area contributed by atoms with Crippen molar-refractivity contribution in [3.63, 3.8) is 0 Å². The van der Waals surface area contributed by atoms with Crippen molar-refractivity contribution in [1.82, 2.24) is 4.31 Å². The predicted molar refractivity (Wildman–Crippen MR) is 67.9 cm³/mol. The first-order chi connectivity index (χ1) is 8.13. The molecule has 2 fully saturated rings. The van der Waals surface area contributed by atoms with Gasteiger partial charge in [0, 0.05) is 18.5 Å².